The molecule has 0 aliphatic carbocycles. The van der Waals surface area contributed by atoms with Gasteiger partial charge in [-0.1, -0.05) is 13.3 Å². The molecule has 1 aliphatic rings. The predicted molar refractivity (Wildman–Crippen MR) is 73.0 cm³/mol. The molecule has 1 aliphatic heterocycles. The van der Waals surface area contributed by atoms with E-state index < -0.39 is 17.9 Å². The fraction of sp³-hybridized carbons (Fsp3) is 0.769. The predicted octanol–water partition coefficient (Wildman–Crippen LogP) is 0.537. The number of hydrogen-bond donors (Lipinski definition) is 3. The second-order valence-corrected chi connectivity index (χ2v) is 5.21. The van der Waals surface area contributed by atoms with Gasteiger partial charge in [-0.15, -0.1) is 0 Å². The minimum absolute atomic E-state index is 0.0153. The number of carboxylic acid groups (broad SMARTS) is 1. The van der Waals surface area contributed by atoms with Gasteiger partial charge in [0, 0.05) is 19.5 Å². The summed E-state index contributed by atoms with van der Waals surface area (Å²) in [5.41, 5.74) is 5.00. The molecule has 1 saturated heterocycles. The summed E-state index contributed by atoms with van der Waals surface area (Å²) in [7, 11) is 0. The van der Waals surface area contributed by atoms with E-state index in [2.05, 4.69) is 12.2 Å². The standard InChI is InChI=1S/C13H23N3O4/c1-2-9-4-3-7-16(8-9)13(20)15-10(12(18)19)5-6-11(14)17/h9-10H,2-8H2,1H3,(H2,14,17)(H,15,20)(H,18,19)/t9?,10-/m1/s1. The van der Waals surface area contributed by atoms with E-state index in [9.17, 15) is 14.4 Å². The van der Waals surface area contributed by atoms with E-state index in [1.54, 1.807) is 4.90 Å². The van der Waals surface area contributed by atoms with Crippen molar-refractivity contribution in [3.05, 3.63) is 0 Å². The molecular weight excluding hydrogens is 262 g/mol. The van der Waals surface area contributed by atoms with Gasteiger partial charge in [0.2, 0.25) is 5.91 Å². The van der Waals surface area contributed by atoms with Crippen LogP contribution in [-0.4, -0.2) is 47.0 Å². The third-order valence-electron chi connectivity index (χ3n) is 3.66. The zero-order valence-electron chi connectivity index (χ0n) is 11.8. The SMILES string of the molecule is CCC1CCCN(C(=O)N[C@H](CCC(N)=O)C(=O)O)C1. The van der Waals surface area contributed by atoms with Gasteiger partial charge in [0.1, 0.15) is 6.04 Å². The fourth-order valence-electron chi connectivity index (χ4n) is 2.37. The van der Waals surface area contributed by atoms with Crippen LogP contribution in [0.3, 0.4) is 0 Å². The van der Waals surface area contributed by atoms with Crippen LogP contribution in [0, 0.1) is 5.92 Å². The first-order chi connectivity index (χ1) is 9.43. The third-order valence-corrected chi connectivity index (χ3v) is 3.66. The van der Waals surface area contributed by atoms with Crippen molar-refractivity contribution < 1.29 is 19.5 Å². The van der Waals surface area contributed by atoms with Crippen molar-refractivity contribution in [1.29, 1.82) is 0 Å². The van der Waals surface area contributed by atoms with Gasteiger partial charge in [-0.25, -0.2) is 9.59 Å². The summed E-state index contributed by atoms with van der Waals surface area (Å²) in [6.45, 7) is 3.38. The second kappa shape index (κ2) is 7.72. The molecule has 1 fully saturated rings. The van der Waals surface area contributed by atoms with Gasteiger partial charge >= 0.3 is 12.0 Å². The lowest BCUT2D eigenvalue weighted by Crippen LogP contribution is -2.51. The Morgan fingerprint density at radius 3 is 2.70 bits per heavy atom. The van der Waals surface area contributed by atoms with Crippen molar-refractivity contribution in [3.8, 4) is 0 Å². The van der Waals surface area contributed by atoms with Gasteiger partial charge in [-0.3, -0.25) is 4.79 Å². The maximum atomic E-state index is 12.1. The highest BCUT2D eigenvalue weighted by Crippen LogP contribution is 2.19. The third kappa shape index (κ3) is 5.07. The van der Waals surface area contributed by atoms with E-state index in [-0.39, 0.29) is 18.9 Å². The molecule has 1 unspecified atom stereocenters. The molecule has 7 nitrogen and oxygen atoms in total. The van der Waals surface area contributed by atoms with E-state index in [1.807, 2.05) is 0 Å². The normalized spacial score (nSPS) is 20.2. The number of rotatable bonds is 6. The molecule has 0 bridgehead atoms. The maximum Gasteiger partial charge on any atom is 0.326 e. The number of nitrogens with two attached hydrogens (primary N) is 1. The molecule has 7 heteroatoms. The average Bonchev–Trinajstić information content (AvgIpc) is 2.42. The number of aliphatic carboxylic acids is 1. The zero-order valence-corrected chi connectivity index (χ0v) is 11.8. The number of piperidine rings is 1. The number of carbonyl (C=O) groups excluding carboxylic acids is 2. The van der Waals surface area contributed by atoms with Crippen LogP contribution in [0.5, 0.6) is 0 Å². The minimum Gasteiger partial charge on any atom is -0.480 e. The van der Waals surface area contributed by atoms with Gasteiger partial charge in [-0.05, 0) is 25.2 Å². The fourth-order valence-corrected chi connectivity index (χ4v) is 2.37. The second-order valence-electron chi connectivity index (χ2n) is 5.21. The van der Waals surface area contributed by atoms with Crippen LogP contribution >= 0.6 is 0 Å². The summed E-state index contributed by atoms with van der Waals surface area (Å²) >= 11 is 0. The highest BCUT2D eigenvalue weighted by molar-refractivity contribution is 5.83. The maximum absolute atomic E-state index is 12.1. The van der Waals surface area contributed by atoms with Crippen molar-refractivity contribution in [3.63, 3.8) is 0 Å². The Bertz CT molecular complexity index is 373. The van der Waals surface area contributed by atoms with Crippen LogP contribution in [0.4, 0.5) is 4.79 Å². The average molecular weight is 285 g/mol. The molecule has 3 amide bonds. The molecule has 0 aromatic rings. The summed E-state index contributed by atoms with van der Waals surface area (Å²) in [6, 6.07) is -1.45. The van der Waals surface area contributed by atoms with Crippen molar-refractivity contribution in [2.45, 2.75) is 45.1 Å². The molecule has 1 rings (SSSR count). The highest BCUT2D eigenvalue weighted by Gasteiger charge is 2.26. The summed E-state index contributed by atoms with van der Waals surface area (Å²) < 4.78 is 0. The number of carbonyl (C=O) groups is 3. The van der Waals surface area contributed by atoms with Crippen molar-refractivity contribution in [2.75, 3.05) is 13.1 Å². The quantitative estimate of drug-likeness (QED) is 0.661. The Morgan fingerprint density at radius 1 is 1.45 bits per heavy atom. The highest BCUT2D eigenvalue weighted by atomic mass is 16.4. The van der Waals surface area contributed by atoms with Crippen molar-refractivity contribution in [1.82, 2.24) is 10.2 Å². The van der Waals surface area contributed by atoms with Crippen molar-refractivity contribution in [2.24, 2.45) is 11.7 Å². The van der Waals surface area contributed by atoms with Crippen LogP contribution in [0.1, 0.15) is 39.0 Å². The molecular formula is C13H23N3O4. The molecule has 0 aromatic carbocycles. The van der Waals surface area contributed by atoms with Crippen LogP contribution in [-0.2, 0) is 9.59 Å². The summed E-state index contributed by atoms with van der Waals surface area (Å²) in [4.78, 5) is 35.5. The van der Waals surface area contributed by atoms with Crippen LogP contribution < -0.4 is 11.1 Å². The summed E-state index contributed by atoms with van der Waals surface area (Å²) in [6.07, 6.45) is 3.00. The van der Waals surface area contributed by atoms with E-state index in [1.165, 1.54) is 0 Å². The minimum atomic E-state index is -1.15. The summed E-state index contributed by atoms with van der Waals surface area (Å²) in [5.74, 6) is -1.25. The number of likely N-dealkylation sites (tertiary alicyclic amines) is 1. The molecule has 114 valence electrons. The Morgan fingerprint density at radius 2 is 2.15 bits per heavy atom. The van der Waals surface area contributed by atoms with E-state index in [4.69, 9.17) is 10.8 Å². The number of urea groups is 1. The topological polar surface area (TPSA) is 113 Å². The number of carboxylic acids is 1. The Hall–Kier alpha value is -1.79. The lowest BCUT2D eigenvalue weighted by molar-refractivity contribution is -0.139. The Kier molecular flexibility index (Phi) is 6.27. The lowest BCUT2D eigenvalue weighted by Gasteiger charge is -2.33. The first-order valence-corrected chi connectivity index (χ1v) is 7.00. The van der Waals surface area contributed by atoms with Crippen LogP contribution in [0.15, 0.2) is 0 Å². The van der Waals surface area contributed by atoms with Gasteiger partial charge in [0.15, 0.2) is 0 Å². The molecule has 0 saturated carbocycles. The lowest BCUT2D eigenvalue weighted by atomic mass is 9.96. The first-order valence-electron chi connectivity index (χ1n) is 7.00. The number of hydrogen-bond acceptors (Lipinski definition) is 3. The van der Waals surface area contributed by atoms with E-state index in [0.717, 1.165) is 19.3 Å². The number of amides is 3. The largest absolute Gasteiger partial charge is 0.480 e. The number of nitrogens with one attached hydrogen (secondary N) is 1. The summed E-state index contributed by atoms with van der Waals surface area (Å²) in [5, 5.41) is 11.5. The molecule has 20 heavy (non-hydrogen) atoms. The monoisotopic (exact) mass is 285 g/mol. The van der Waals surface area contributed by atoms with Gasteiger partial charge in [-0.2, -0.15) is 0 Å². The number of primary amides is 1. The van der Waals surface area contributed by atoms with Crippen molar-refractivity contribution >= 4 is 17.9 Å². The first kappa shape index (κ1) is 16.3. The van der Waals surface area contributed by atoms with Crippen LogP contribution in [0.25, 0.3) is 0 Å². The number of nitrogens with zero attached hydrogens (tertiary/aromatic N) is 1. The smallest absolute Gasteiger partial charge is 0.326 e. The van der Waals surface area contributed by atoms with Crippen LogP contribution in [0.2, 0.25) is 0 Å². The molecule has 4 N–H and O–H groups in total. The van der Waals surface area contributed by atoms with E-state index in [0.29, 0.717) is 19.0 Å². The zero-order chi connectivity index (χ0) is 15.1. The Balaban J connectivity index is 2.52. The van der Waals surface area contributed by atoms with Gasteiger partial charge < -0.3 is 21.1 Å². The molecule has 0 aromatic heterocycles. The van der Waals surface area contributed by atoms with Gasteiger partial charge in [0.05, 0.1) is 0 Å². The van der Waals surface area contributed by atoms with E-state index >= 15 is 0 Å². The molecule has 1 heterocycles. The molecule has 0 spiro atoms. The molecule has 2 atom stereocenters. The van der Waals surface area contributed by atoms with Gasteiger partial charge in [0.25, 0.3) is 0 Å². The Labute approximate surface area is 118 Å². The molecule has 0 radical (unpaired) electrons.